The lowest BCUT2D eigenvalue weighted by molar-refractivity contribution is 1.69. The molecule has 0 fully saturated rings. The number of hydrogen-bond donors (Lipinski definition) is 0. The molecule has 0 saturated heterocycles. The molecule has 0 radical (unpaired) electrons. The first-order valence-electron chi connectivity index (χ1n) is 2.73. The van der Waals surface area contributed by atoms with E-state index in [0.717, 1.165) is 0 Å². The van der Waals surface area contributed by atoms with E-state index in [2.05, 4.69) is 20.5 Å². The molecule has 1 heteroatoms. The smallest absolute Gasteiger partial charge is 0.0991 e. The highest BCUT2D eigenvalue weighted by Gasteiger charge is 1.71. The van der Waals surface area contributed by atoms with Crippen molar-refractivity contribution in [3.8, 4) is 0 Å². The fourth-order valence-electron chi connectivity index (χ4n) is 0.316. The molecule has 8 heavy (non-hydrogen) atoms. The van der Waals surface area contributed by atoms with Gasteiger partial charge in [-0.3, -0.25) is 0 Å². The van der Waals surface area contributed by atoms with Gasteiger partial charge in [0.2, 0.25) is 0 Å². The standard InChI is InChI=1S/C7H11B/c1-3-5-6-7(8)4-2/h3-6H,1,8H2,2H3/b6-5-,7-4-. The molecule has 0 unspecified atom stereocenters. The monoisotopic (exact) mass is 106 g/mol. The lowest BCUT2D eigenvalue weighted by Crippen LogP contribution is -1.69. The SMILES string of the molecule is BC(/C=C\C=C)=C\C. The zero-order chi connectivity index (χ0) is 6.41. The Morgan fingerprint density at radius 2 is 2.25 bits per heavy atom. The van der Waals surface area contributed by atoms with Gasteiger partial charge in [-0.2, -0.15) is 0 Å². The number of hydrogen-bond acceptors (Lipinski definition) is 0. The number of rotatable bonds is 2. The summed E-state index contributed by atoms with van der Waals surface area (Å²) >= 11 is 0. The summed E-state index contributed by atoms with van der Waals surface area (Å²) in [5, 5.41) is 0. The Kier molecular flexibility index (Phi) is 4.05. The molecule has 0 rings (SSSR count). The van der Waals surface area contributed by atoms with Gasteiger partial charge in [0.1, 0.15) is 7.85 Å². The fraction of sp³-hybridized carbons (Fsp3) is 0.143. The molecule has 0 aromatic heterocycles. The van der Waals surface area contributed by atoms with Crippen LogP contribution in [0.1, 0.15) is 6.92 Å². The average molecular weight is 106 g/mol. The molecular formula is C7H11B. The quantitative estimate of drug-likeness (QED) is 0.367. The maximum atomic E-state index is 3.55. The van der Waals surface area contributed by atoms with Crippen LogP contribution in [0.4, 0.5) is 0 Å². The summed E-state index contributed by atoms with van der Waals surface area (Å²) in [4.78, 5) is 0. The van der Waals surface area contributed by atoms with Crippen molar-refractivity contribution in [1.82, 2.24) is 0 Å². The maximum Gasteiger partial charge on any atom is 0.138 e. The number of allylic oxidation sites excluding steroid dienone is 5. The summed E-state index contributed by atoms with van der Waals surface area (Å²) in [6, 6.07) is 0. The molecule has 0 aromatic rings. The summed E-state index contributed by atoms with van der Waals surface area (Å²) in [5.74, 6) is 0. The first-order chi connectivity index (χ1) is 3.81. The first kappa shape index (κ1) is 7.28. The maximum absolute atomic E-state index is 3.55. The van der Waals surface area contributed by atoms with Crippen molar-refractivity contribution >= 4 is 7.85 Å². The van der Waals surface area contributed by atoms with Crippen LogP contribution in [0, 0.1) is 0 Å². The van der Waals surface area contributed by atoms with E-state index in [4.69, 9.17) is 0 Å². The van der Waals surface area contributed by atoms with Gasteiger partial charge in [0.15, 0.2) is 0 Å². The molecule has 0 bridgehead atoms. The molecule has 0 saturated carbocycles. The van der Waals surface area contributed by atoms with E-state index >= 15 is 0 Å². The van der Waals surface area contributed by atoms with E-state index in [1.165, 1.54) is 5.47 Å². The zero-order valence-electron chi connectivity index (χ0n) is 5.52. The predicted molar refractivity (Wildman–Crippen MR) is 41.6 cm³/mol. The highest BCUT2D eigenvalue weighted by atomic mass is 13.7. The minimum absolute atomic E-state index is 1.27. The third-order valence-electron chi connectivity index (χ3n) is 0.951. The second-order valence-corrected chi connectivity index (χ2v) is 1.63. The van der Waals surface area contributed by atoms with Crippen molar-refractivity contribution < 1.29 is 0 Å². The summed E-state index contributed by atoms with van der Waals surface area (Å²) in [6.45, 7) is 5.57. The molecule has 0 spiro atoms. The molecule has 0 aliphatic carbocycles. The van der Waals surface area contributed by atoms with Crippen LogP contribution in [-0.2, 0) is 0 Å². The molecule has 0 heterocycles. The van der Waals surface area contributed by atoms with Gasteiger partial charge in [0.05, 0.1) is 0 Å². The molecule has 0 amide bonds. The zero-order valence-corrected chi connectivity index (χ0v) is 5.52. The van der Waals surface area contributed by atoms with E-state index < -0.39 is 0 Å². The minimum Gasteiger partial charge on any atom is -0.0991 e. The van der Waals surface area contributed by atoms with Crippen LogP contribution in [-0.4, -0.2) is 7.85 Å². The lowest BCUT2D eigenvalue weighted by atomic mass is 9.95. The van der Waals surface area contributed by atoms with Crippen LogP contribution in [0.5, 0.6) is 0 Å². The van der Waals surface area contributed by atoms with Crippen LogP contribution in [0.2, 0.25) is 0 Å². The van der Waals surface area contributed by atoms with Gasteiger partial charge in [0, 0.05) is 0 Å². The molecule has 0 N–H and O–H groups in total. The Hall–Kier alpha value is -0.715. The highest BCUT2D eigenvalue weighted by molar-refractivity contribution is 6.23. The predicted octanol–water partition coefficient (Wildman–Crippen LogP) is 1.27. The summed E-state index contributed by atoms with van der Waals surface area (Å²) in [6.07, 6.45) is 7.77. The van der Waals surface area contributed by atoms with Gasteiger partial charge in [-0.25, -0.2) is 0 Å². The topological polar surface area (TPSA) is 0 Å². The van der Waals surface area contributed by atoms with Crippen molar-refractivity contribution in [1.29, 1.82) is 0 Å². The van der Waals surface area contributed by atoms with Gasteiger partial charge >= 0.3 is 0 Å². The Bertz CT molecular complexity index is 120. The molecule has 0 aliphatic heterocycles. The van der Waals surface area contributed by atoms with Crippen LogP contribution in [0.15, 0.2) is 36.4 Å². The van der Waals surface area contributed by atoms with E-state index in [-0.39, 0.29) is 0 Å². The van der Waals surface area contributed by atoms with Crippen LogP contribution < -0.4 is 0 Å². The Labute approximate surface area is 52.0 Å². The third-order valence-corrected chi connectivity index (χ3v) is 0.951. The Balaban J connectivity index is 3.69. The molecule has 0 aromatic carbocycles. The molecule has 0 nitrogen and oxygen atoms in total. The normalized spacial score (nSPS) is 12.4. The summed E-state index contributed by atoms with van der Waals surface area (Å²) in [5.41, 5.74) is 1.27. The van der Waals surface area contributed by atoms with Crippen LogP contribution in [0.25, 0.3) is 0 Å². The molecule has 0 atom stereocenters. The van der Waals surface area contributed by atoms with Gasteiger partial charge in [-0.05, 0) is 6.92 Å². The van der Waals surface area contributed by atoms with Gasteiger partial charge in [0.25, 0.3) is 0 Å². The average Bonchev–Trinajstić information content (AvgIpc) is 1.83. The summed E-state index contributed by atoms with van der Waals surface area (Å²) in [7, 11) is 2.06. The van der Waals surface area contributed by atoms with E-state index in [1.54, 1.807) is 6.08 Å². The molecule has 42 valence electrons. The minimum atomic E-state index is 1.27. The van der Waals surface area contributed by atoms with Crippen molar-refractivity contribution in [3.63, 3.8) is 0 Å². The van der Waals surface area contributed by atoms with Crippen molar-refractivity contribution in [2.45, 2.75) is 6.92 Å². The van der Waals surface area contributed by atoms with Gasteiger partial charge in [-0.15, -0.1) is 0 Å². The highest BCUT2D eigenvalue weighted by Crippen LogP contribution is 1.87. The Morgan fingerprint density at radius 3 is 2.62 bits per heavy atom. The second-order valence-electron chi connectivity index (χ2n) is 1.63. The second kappa shape index (κ2) is 4.44. The van der Waals surface area contributed by atoms with Crippen LogP contribution >= 0.6 is 0 Å². The Morgan fingerprint density at radius 1 is 1.62 bits per heavy atom. The van der Waals surface area contributed by atoms with Crippen molar-refractivity contribution in [2.24, 2.45) is 0 Å². The molecule has 0 aliphatic rings. The lowest BCUT2D eigenvalue weighted by Gasteiger charge is -1.82. The summed E-state index contributed by atoms with van der Waals surface area (Å²) < 4.78 is 0. The van der Waals surface area contributed by atoms with E-state index in [1.807, 2.05) is 19.1 Å². The first-order valence-corrected chi connectivity index (χ1v) is 2.73. The van der Waals surface area contributed by atoms with Crippen LogP contribution in [0.3, 0.4) is 0 Å². The van der Waals surface area contributed by atoms with Gasteiger partial charge in [-0.1, -0.05) is 36.4 Å². The largest absolute Gasteiger partial charge is 0.138 e. The fourth-order valence-corrected chi connectivity index (χ4v) is 0.316. The van der Waals surface area contributed by atoms with E-state index in [9.17, 15) is 0 Å². The van der Waals surface area contributed by atoms with Crippen molar-refractivity contribution in [3.05, 3.63) is 36.4 Å². The van der Waals surface area contributed by atoms with Gasteiger partial charge < -0.3 is 0 Å². The third kappa shape index (κ3) is 3.47. The van der Waals surface area contributed by atoms with E-state index in [0.29, 0.717) is 0 Å². The van der Waals surface area contributed by atoms with Crippen molar-refractivity contribution in [2.75, 3.05) is 0 Å². The molecular weight excluding hydrogens is 94.9 g/mol.